The van der Waals surface area contributed by atoms with Crippen molar-refractivity contribution in [1.82, 2.24) is 4.98 Å². The summed E-state index contributed by atoms with van der Waals surface area (Å²) in [6.45, 7) is 1.47. The largest absolute Gasteiger partial charge is 0.486 e. The lowest BCUT2D eigenvalue weighted by Crippen LogP contribution is -2.01. The maximum absolute atomic E-state index is 13.8. The lowest BCUT2D eigenvalue weighted by atomic mass is 10.2. The number of ether oxygens (including phenoxy) is 1. The van der Waals surface area contributed by atoms with E-state index in [-0.39, 0.29) is 23.2 Å². The first-order valence-electron chi connectivity index (χ1n) is 5.75. The Bertz CT molecular complexity index is 710. The van der Waals surface area contributed by atoms with Crippen molar-refractivity contribution in [2.75, 3.05) is 0 Å². The van der Waals surface area contributed by atoms with Crippen LogP contribution in [0, 0.1) is 22.9 Å². The molecule has 1 aromatic heterocycles. The predicted octanol–water partition coefficient (Wildman–Crippen LogP) is 4.32. The van der Waals surface area contributed by atoms with Crippen LogP contribution in [-0.4, -0.2) is 9.91 Å². The monoisotopic (exact) mass is 330 g/mol. The van der Waals surface area contributed by atoms with E-state index >= 15 is 0 Å². The number of rotatable bonds is 4. The van der Waals surface area contributed by atoms with E-state index in [1.165, 1.54) is 25.3 Å². The standard InChI is InChI=1S/C13H9Cl2FN2O3/c1-7-2-12(10(16)4-11(7)18(19)20)21-6-8-5-17-13(15)3-9(8)14/h2-5H,6H2,1H3. The molecule has 0 radical (unpaired) electrons. The van der Waals surface area contributed by atoms with Gasteiger partial charge < -0.3 is 4.74 Å². The number of nitro benzene ring substituents is 1. The zero-order valence-corrected chi connectivity index (χ0v) is 12.3. The minimum Gasteiger partial charge on any atom is -0.486 e. The molecule has 8 heteroatoms. The smallest absolute Gasteiger partial charge is 0.275 e. The normalized spacial score (nSPS) is 10.5. The maximum Gasteiger partial charge on any atom is 0.275 e. The first-order chi connectivity index (χ1) is 9.88. The second-order valence-electron chi connectivity index (χ2n) is 4.21. The van der Waals surface area contributed by atoms with Gasteiger partial charge in [0.2, 0.25) is 0 Å². The summed E-state index contributed by atoms with van der Waals surface area (Å²) in [6, 6.07) is 3.54. The van der Waals surface area contributed by atoms with Crippen molar-refractivity contribution in [2.45, 2.75) is 13.5 Å². The van der Waals surface area contributed by atoms with Crippen LogP contribution in [0.4, 0.5) is 10.1 Å². The van der Waals surface area contributed by atoms with Crippen molar-refractivity contribution >= 4 is 28.9 Å². The van der Waals surface area contributed by atoms with Gasteiger partial charge in [0.25, 0.3) is 5.69 Å². The van der Waals surface area contributed by atoms with Crippen LogP contribution in [0.15, 0.2) is 24.4 Å². The SMILES string of the molecule is Cc1cc(OCc2cnc(Cl)cc2Cl)c(F)cc1[N+](=O)[O-]. The van der Waals surface area contributed by atoms with Gasteiger partial charge in [0.05, 0.1) is 16.0 Å². The summed E-state index contributed by atoms with van der Waals surface area (Å²) < 4.78 is 19.1. The van der Waals surface area contributed by atoms with Crippen LogP contribution in [0.3, 0.4) is 0 Å². The highest BCUT2D eigenvalue weighted by molar-refractivity contribution is 6.34. The summed E-state index contributed by atoms with van der Waals surface area (Å²) in [5.74, 6) is -0.908. The molecule has 0 fully saturated rings. The summed E-state index contributed by atoms with van der Waals surface area (Å²) in [5.41, 5.74) is 0.527. The number of nitro groups is 1. The van der Waals surface area contributed by atoms with Gasteiger partial charge in [0.15, 0.2) is 11.6 Å². The van der Waals surface area contributed by atoms with Crippen molar-refractivity contribution < 1.29 is 14.1 Å². The van der Waals surface area contributed by atoms with E-state index in [1.807, 2.05) is 0 Å². The molecule has 0 aliphatic heterocycles. The van der Waals surface area contributed by atoms with Crippen molar-refractivity contribution in [1.29, 1.82) is 0 Å². The van der Waals surface area contributed by atoms with E-state index in [1.54, 1.807) is 0 Å². The molecule has 0 saturated heterocycles. The fourth-order valence-electron chi connectivity index (χ4n) is 1.65. The van der Waals surface area contributed by atoms with E-state index in [2.05, 4.69) is 4.98 Å². The molecule has 0 aliphatic rings. The van der Waals surface area contributed by atoms with E-state index in [4.69, 9.17) is 27.9 Å². The van der Waals surface area contributed by atoms with Crippen LogP contribution in [0.5, 0.6) is 5.75 Å². The molecule has 0 bridgehead atoms. The zero-order chi connectivity index (χ0) is 15.6. The first-order valence-corrected chi connectivity index (χ1v) is 6.51. The molecule has 2 aromatic rings. The Morgan fingerprint density at radius 3 is 2.71 bits per heavy atom. The molecule has 0 amide bonds. The molecule has 0 aliphatic carbocycles. The number of aromatic nitrogens is 1. The average Bonchev–Trinajstić information content (AvgIpc) is 2.40. The van der Waals surface area contributed by atoms with Gasteiger partial charge in [0.1, 0.15) is 11.8 Å². The third-order valence-corrected chi connectivity index (χ3v) is 3.29. The number of nitrogens with zero attached hydrogens (tertiary/aromatic N) is 2. The van der Waals surface area contributed by atoms with Crippen LogP contribution >= 0.6 is 23.2 Å². The molecule has 5 nitrogen and oxygen atoms in total. The Labute approximate surface area is 129 Å². The number of hydrogen-bond acceptors (Lipinski definition) is 4. The van der Waals surface area contributed by atoms with Crippen molar-refractivity contribution in [2.24, 2.45) is 0 Å². The molecule has 110 valence electrons. The van der Waals surface area contributed by atoms with Crippen LogP contribution < -0.4 is 4.74 Å². The topological polar surface area (TPSA) is 65.3 Å². The summed E-state index contributed by atoms with van der Waals surface area (Å²) in [4.78, 5) is 13.9. The van der Waals surface area contributed by atoms with Crippen LogP contribution in [-0.2, 0) is 6.61 Å². The van der Waals surface area contributed by atoms with Gasteiger partial charge in [0, 0.05) is 17.3 Å². The highest BCUT2D eigenvalue weighted by Gasteiger charge is 2.16. The van der Waals surface area contributed by atoms with Crippen molar-refractivity contribution in [3.63, 3.8) is 0 Å². The van der Waals surface area contributed by atoms with Crippen molar-refractivity contribution in [3.8, 4) is 5.75 Å². The summed E-state index contributed by atoms with van der Waals surface area (Å²) >= 11 is 11.6. The lowest BCUT2D eigenvalue weighted by Gasteiger charge is -2.09. The Kier molecular flexibility index (Phi) is 4.59. The Hall–Kier alpha value is -1.92. The fraction of sp³-hybridized carbons (Fsp3) is 0.154. The van der Waals surface area contributed by atoms with Gasteiger partial charge >= 0.3 is 0 Å². The highest BCUT2D eigenvalue weighted by Crippen LogP contribution is 2.28. The second-order valence-corrected chi connectivity index (χ2v) is 5.01. The molecular weight excluding hydrogens is 322 g/mol. The minimum atomic E-state index is -0.814. The summed E-state index contributed by atoms with van der Waals surface area (Å²) in [6.07, 6.45) is 1.42. The minimum absolute atomic E-state index is 0.0306. The third-order valence-electron chi connectivity index (χ3n) is 2.73. The lowest BCUT2D eigenvalue weighted by molar-refractivity contribution is -0.385. The van der Waals surface area contributed by atoms with E-state index in [0.717, 1.165) is 6.07 Å². The van der Waals surface area contributed by atoms with Gasteiger partial charge in [-0.15, -0.1) is 0 Å². The average molecular weight is 331 g/mol. The number of hydrogen-bond donors (Lipinski definition) is 0. The van der Waals surface area contributed by atoms with Gasteiger partial charge in [-0.2, -0.15) is 0 Å². The van der Waals surface area contributed by atoms with Gasteiger partial charge in [-0.25, -0.2) is 9.37 Å². The summed E-state index contributed by atoms with van der Waals surface area (Å²) in [7, 11) is 0. The number of halogens is 3. The van der Waals surface area contributed by atoms with Crippen molar-refractivity contribution in [3.05, 3.63) is 61.6 Å². The van der Waals surface area contributed by atoms with Gasteiger partial charge in [-0.3, -0.25) is 10.1 Å². The first kappa shape index (κ1) is 15.5. The molecule has 0 atom stereocenters. The molecule has 2 rings (SSSR count). The molecule has 0 unspecified atom stereocenters. The van der Waals surface area contributed by atoms with Gasteiger partial charge in [-0.1, -0.05) is 23.2 Å². The fourth-order valence-corrected chi connectivity index (χ4v) is 2.07. The van der Waals surface area contributed by atoms with Crippen LogP contribution in [0.1, 0.15) is 11.1 Å². The molecule has 1 heterocycles. The molecule has 21 heavy (non-hydrogen) atoms. The Morgan fingerprint density at radius 2 is 2.10 bits per heavy atom. The predicted molar refractivity (Wildman–Crippen MR) is 76.4 cm³/mol. The second kappa shape index (κ2) is 6.24. The van der Waals surface area contributed by atoms with Crippen LogP contribution in [0.2, 0.25) is 10.2 Å². The maximum atomic E-state index is 13.8. The quantitative estimate of drug-likeness (QED) is 0.475. The Balaban J connectivity index is 2.20. The molecular formula is C13H9Cl2FN2O3. The van der Waals surface area contributed by atoms with E-state index in [0.29, 0.717) is 16.1 Å². The number of pyridine rings is 1. The number of benzene rings is 1. The van der Waals surface area contributed by atoms with Gasteiger partial charge in [-0.05, 0) is 19.1 Å². The summed E-state index contributed by atoms with van der Waals surface area (Å²) in [5, 5.41) is 11.3. The molecule has 0 spiro atoms. The highest BCUT2D eigenvalue weighted by atomic mass is 35.5. The molecule has 0 N–H and O–H groups in total. The molecule has 1 aromatic carbocycles. The third kappa shape index (κ3) is 3.59. The van der Waals surface area contributed by atoms with Crippen LogP contribution in [0.25, 0.3) is 0 Å². The number of aryl methyl sites for hydroxylation is 1. The van der Waals surface area contributed by atoms with E-state index in [9.17, 15) is 14.5 Å². The Morgan fingerprint density at radius 1 is 1.38 bits per heavy atom. The zero-order valence-electron chi connectivity index (χ0n) is 10.8. The molecule has 0 saturated carbocycles. The van der Waals surface area contributed by atoms with E-state index < -0.39 is 10.7 Å².